The van der Waals surface area contributed by atoms with Crippen molar-refractivity contribution in [1.82, 2.24) is 4.90 Å². The largest absolute Gasteiger partial charge is 0.351 e. The summed E-state index contributed by atoms with van der Waals surface area (Å²) in [5.41, 5.74) is 10.6. The molecule has 4 N–H and O–H groups in total. The Morgan fingerprint density at radius 2 is 2.00 bits per heavy atom. The summed E-state index contributed by atoms with van der Waals surface area (Å²) in [5, 5.41) is 0. The molecule has 0 aromatic rings. The summed E-state index contributed by atoms with van der Waals surface area (Å²) in [6.45, 7) is 7.74. The van der Waals surface area contributed by atoms with Gasteiger partial charge in [0.15, 0.2) is 0 Å². The van der Waals surface area contributed by atoms with Crippen LogP contribution in [-0.2, 0) is 0 Å². The highest BCUT2D eigenvalue weighted by Gasteiger charge is 2.20. The standard InChI is InChI=1S/C8H19N3O/c1-4-11(7(10)12)6-8(2,3)5-9/h4-6,9H2,1-3H3,(H2,10,12). The van der Waals surface area contributed by atoms with Gasteiger partial charge in [-0.05, 0) is 18.9 Å². The van der Waals surface area contributed by atoms with Gasteiger partial charge in [0, 0.05) is 13.1 Å². The van der Waals surface area contributed by atoms with E-state index in [0.717, 1.165) is 0 Å². The lowest BCUT2D eigenvalue weighted by molar-refractivity contribution is 0.181. The van der Waals surface area contributed by atoms with Gasteiger partial charge < -0.3 is 16.4 Å². The predicted octanol–water partition coefficient (Wildman–Crippen LogP) is 0.372. The van der Waals surface area contributed by atoms with Crippen molar-refractivity contribution in [1.29, 1.82) is 0 Å². The van der Waals surface area contributed by atoms with E-state index in [9.17, 15) is 4.79 Å². The number of rotatable bonds is 4. The van der Waals surface area contributed by atoms with Crippen LogP contribution in [0.3, 0.4) is 0 Å². The average molecular weight is 173 g/mol. The molecule has 0 rings (SSSR count). The zero-order valence-corrected chi connectivity index (χ0v) is 8.13. The molecule has 0 aromatic heterocycles. The molecule has 0 radical (unpaired) electrons. The zero-order valence-electron chi connectivity index (χ0n) is 8.13. The van der Waals surface area contributed by atoms with Crippen LogP contribution in [0, 0.1) is 5.41 Å². The summed E-state index contributed by atoms with van der Waals surface area (Å²) in [4.78, 5) is 12.4. The van der Waals surface area contributed by atoms with Crippen LogP contribution in [-0.4, -0.2) is 30.6 Å². The number of carbonyl (C=O) groups excluding carboxylic acids is 1. The quantitative estimate of drug-likeness (QED) is 0.644. The fourth-order valence-corrected chi connectivity index (χ4v) is 0.927. The Hall–Kier alpha value is -0.770. The molecule has 0 aromatic carbocycles. The fraction of sp³-hybridized carbons (Fsp3) is 0.875. The topological polar surface area (TPSA) is 72.3 Å². The molecule has 72 valence electrons. The molecule has 0 aliphatic heterocycles. The summed E-state index contributed by atoms with van der Waals surface area (Å²) in [6, 6.07) is -0.376. The van der Waals surface area contributed by atoms with Crippen molar-refractivity contribution >= 4 is 6.03 Å². The molecule has 0 unspecified atom stereocenters. The van der Waals surface area contributed by atoms with Gasteiger partial charge in [0.25, 0.3) is 0 Å². The molecule has 4 nitrogen and oxygen atoms in total. The van der Waals surface area contributed by atoms with Gasteiger partial charge in [-0.1, -0.05) is 13.8 Å². The van der Waals surface area contributed by atoms with Gasteiger partial charge in [-0.3, -0.25) is 0 Å². The van der Waals surface area contributed by atoms with Gasteiger partial charge >= 0.3 is 6.03 Å². The van der Waals surface area contributed by atoms with Crippen LogP contribution < -0.4 is 11.5 Å². The van der Waals surface area contributed by atoms with E-state index in [4.69, 9.17) is 11.5 Å². The normalized spacial score (nSPS) is 11.3. The lowest BCUT2D eigenvalue weighted by Gasteiger charge is -2.29. The lowest BCUT2D eigenvalue weighted by atomic mass is 9.93. The van der Waals surface area contributed by atoms with Crippen molar-refractivity contribution in [2.75, 3.05) is 19.6 Å². The first kappa shape index (κ1) is 11.2. The van der Waals surface area contributed by atoms with Crippen molar-refractivity contribution in [3.63, 3.8) is 0 Å². The minimum absolute atomic E-state index is 0.0506. The van der Waals surface area contributed by atoms with Gasteiger partial charge in [0.05, 0.1) is 0 Å². The molecule has 4 heteroatoms. The second-order valence-corrected chi connectivity index (χ2v) is 3.72. The van der Waals surface area contributed by atoms with E-state index in [2.05, 4.69) is 0 Å². The van der Waals surface area contributed by atoms with Crippen molar-refractivity contribution in [2.24, 2.45) is 16.9 Å². The minimum Gasteiger partial charge on any atom is -0.351 e. The Morgan fingerprint density at radius 3 is 2.25 bits per heavy atom. The maximum absolute atomic E-state index is 10.8. The minimum atomic E-state index is -0.376. The first-order valence-corrected chi connectivity index (χ1v) is 4.17. The Bertz CT molecular complexity index is 156. The summed E-state index contributed by atoms with van der Waals surface area (Å²) in [5.74, 6) is 0. The van der Waals surface area contributed by atoms with Gasteiger partial charge in [-0.25, -0.2) is 4.79 Å². The molecule has 2 amide bonds. The number of urea groups is 1. The van der Waals surface area contributed by atoms with Crippen LogP contribution in [0.15, 0.2) is 0 Å². The molecular formula is C8H19N3O. The Kier molecular flexibility index (Phi) is 4.03. The third kappa shape index (κ3) is 3.57. The molecule has 0 aliphatic carbocycles. The van der Waals surface area contributed by atoms with Crippen LogP contribution in [0.1, 0.15) is 20.8 Å². The van der Waals surface area contributed by atoms with Gasteiger partial charge in [-0.15, -0.1) is 0 Å². The fourth-order valence-electron chi connectivity index (χ4n) is 0.927. The first-order valence-electron chi connectivity index (χ1n) is 4.17. The highest BCUT2D eigenvalue weighted by Crippen LogP contribution is 2.14. The van der Waals surface area contributed by atoms with Gasteiger partial charge in [0.1, 0.15) is 0 Å². The number of amides is 2. The van der Waals surface area contributed by atoms with E-state index in [-0.39, 0.29) is 11.4 Å². The third-order valence-corrected chi connectivity index (χ3v) is 1.86. The molecule has 0 saturated heterocycles. The summed E-state index contributed by atoms with van der Waals surface area (Å²) in [6.07, 6.45) is 0. The highest BCUT2D eigenvalue weighted by molar-refractivity contribution is 5.71. The molecule has 0 saturated carbocycles. The van der Waals surface area contributed by atoms with Gasteiger partial charge in [0.2, 0.25) is 0 Å². The monoisotopic (exact) mass is 173 g/mol. The van der Waals surface area contributed by atoms with Crippen molar-refractivity contribution in [3.8, 4) is 0 Å². The van der Waals surface area contributed by atoms with E-state index in [1.807, 2.05) is 20.8 Å². The number of nitrogens with two attached hydrogens (primary N) is 2. The van der Waals surface area contributed by atoms with E-state index in [1.165, 1.54) is 0 Å². The van der Waals surface area contributed by atoms with Crippen LogP contribution >= 0.6 is 0 Å². The number of carbonyl (C=O) groups is 1. The molecule has 0 heterocycles. The molecular weight excluding hydrogens is 154 g/mol. The van der Waals surface area contributed by atoms with Crippen molar-refractivity contribution in [2.45, 2.75) is 20.8 Å². The SMILES string of the molecule is CCN(CC(C)(C)CN)C(N)=O. The lowest BCUT2D eigenvalue weighted by Crippen LogP contribution is -2.44. The van der Waals surface area contributed by atoms with Crippen LogP contribution in [0.4, 0.5) is 4.79 Å². The van der Waals surface area contributed by atoms with Crippen molar-refractivity contribution < 1.29 is 4.79 Å². The molecule has 0 fully saturated rings. The maximum Gasteiger partial charge on any atom is 0.314 e. The first-order chi connectivity index (χ1) is 5.43. The number of primary amides is 1. The Balaban J connectivity index is 4.11. The third-order valence-electron chi connectivity index (χ3n) is 1.86. The average Bonchev–Trinajstić information content (AvgIpc) is 2.00. The molecule has 0 atom stereocenters. The Morgan fingerprint density at radius 1 is 1.50 bits per heavy atom. The molecule has 0 spiro atoms. The highest BCUT2D eigenvalue weighted by atomic mass is 16.2. The molecule has 0 bridgehead atoms. The number of hydrogen-bond acceptors (Lipinski definition) is 2. The van der Waals surface area contributed by atoms with E-state index < -0.39 is 0 Å². The number of hydrogen-bond donors (Lipinski definition) is 2. The smallest absolute Gasteiger partial charge is 0.314 e. The van der Waals surface area contributed by atoms with Crippen LogP contribution in [0.2, 0.25) is 0 Å². The van der Waals surface area contributed by atoms with Crippen LogP contribution in [0.25, 0.3) is 0 Å². The Labute approximate surface area is 73.9 Å². The van der Waals surface area contributed by atoms with E-state index in [0.29, 0.717) is 19.6 Å². The summed E-state index contributed by atoms with van der Waals surface area (Å²) in [7, 11) is 0. The number of nitrogens with zero attached hydrogens (tertiary/aromatic N) is 1. The molecule has 0 aliphatic rings. The zero-order chi connectivity index (χ0) is 9.78. The maximum atomic E-state index is 10.8. The second kappa shape index (κ2) is 4.30. The van der Waals surface area contributed by atoms with Gasteiger partial charge in [-0.2, -0.15) is 0 Å². The molecule has 12 heavy (non-hydrogen) atoms. The van der Waals surface area contributed by atoms with Crippen molar-refractivity contribution in [3.05, 3.63) is 0 Å². The predicted molar refractivity (Wildman–Crippen MR) is 49.7 cm³/mol. The van der Waals surface area contributed by atoms with E-state index in [1.54, 1.807) is 4.90 Å². The van der Waals surface area contributed by atoms with E-state index >= 15 is 0 Å². The second-order valence-electron chi connectivity index (χ2n) is 3.72. The van der Waals surface area contributed by atoms with Crippen LogP contribution in [0.5, 0.6) is 0 Å². The summed E-state index contributed by atoms with van der Waals surface area (Å²) < 4.78 is 0. The summed E-state index contributed by atoms with van der Waals surface area (Å²) >= 11 is 0.